The van der Waals surface area contributed by atoms with Gasteiger partial charge in [0.1, 0.15) is 0 Å². The van der Waals surface area contributed by atoms with E-state index in [4.69, 9.17) is 5.26 Å². The second-order valence-corrected chi connectivity index (χ2v) is 5.48. The summed E-state index contributed by atoms with van der Waals surface area (Å²) in [5, 5.41) is 11.6. The summed E-state index contributed by atoms with van der Waals surface area (Å²) in [7, 11) is 0. The number of amides is 1. The Labute approximate surface area is 137 Å². The molecule has 1 amide bonds. The summed E-state index contributed by atoms with van der Waals surface area (Å²) < 4.78 is 0. The van der Waals surface area contributed by atoms with E-state index in [0.29, 0.717) is 6.42 Å². The number of hydrogen-bond donors (Lipinski definition) is 1. The number of nitriles is 1. The van der Waals surface area contributed by atoms with E-state index in [1.165, 1.54) is 12.5 Å². The first-order chi connectivity index (χ1) is 11.2. The van der Waals surface area contributed by atoms with Gasteiger partial charge in [0.05, 0.1) is 6.07 Å². The first kappa shape index (κ1) is 16.7. The van der Waals surface area contributed by atoms with E-state index in [9.17, 15) is 4.79 Å². The van der Waals surface area contributed by atoms with Crippen molar-refractivity contribution >= 4 is 11.6 Å². The van der Waals surface area contributed by atoms with Crippen LogP contribution in [0.5, 0.6) is 0 Å². The van der Waals surface area contributed by atoms with Crippen molar-refractivity contribution in [1.82, 2.24) is 4.90 Å². The zero-order valence-corrected chi connectivity index (χ0v) is 13.3. The van der Waals surface area contributed by atoms with Gasteiger partial charge in [0.15, 0.2) is 0 Å². The Balaban J connectivity index is 2.02. The number of carbonyl (C=O) groups excluding carboxylic acids is 1. The van der Waals surface area contributed by atoms with Gasteiger partial charge in [0, 0.05) is 38.7 Å². The highest BCUT2D eigenvalue weighted by Gasteiger charge is 2.07. The van der Waals surface area contributed by atoms with Crippen LogP contribution >= 0.6 is 0 Å². The lowest BCUT2D eigenvalue weighted by molar-refractivity contribution is -0.114. The Morgan fingerprint density at radius 3 is 2.22 bits per heavy atom. The van der Waals surface area contributed by atoms with E-state index in [1.54, 1.807) is 0 Å². The third kappa shape index (κ3) is 5.93. The number of rotatable bonds is 7. The molecule has 0 fully saturated rings. The molecule has 0 radical (unpaired) electrons. The molecule has 4 nitrogen and oxygen atoms in total. The van der Waals surface area contributed by atoms with Crippen molar-refractivity contribution in [3.63, 3.8) is 0 Å². The van der Waals surface area contributed by atoms with Crippen LogP contribution in [0.2, 0.25) is 0 Å². The summed E-state index contributed by atoms with van der Waals surface area (Å²) in [5.74, 6) is -0.0718. The minimum absolute atomic E-state index is 0.0718. The summed E-state index contributed by atoms with van der Waals surface area (Å²) in [6, 6.07) is 20.3. The summed E-state index contributed by atoms with van der Waals surface area (Å²) in [5.41, 5.74) is 3.20. The topological polar surface area (TPSA) is 56.1 Å². The largest absolute Gasteiger partial charge is 0.326 e. The van der Waals surface area contributed by atoms with E-state index >= 15 is 0 Å². The van der Waals surface area contributed by atoms with Crippen LogP contribution in [-0.2, 0) is 17.9 Å². The van der Waals surface area contributed by atoms with E-state index in [1.807, 2.05) is 42.5 Å². The summed E-state index contributed by atoms with van der Waals surface area (Å²) in [6.45, 7) is 3.82. The second-order valence-electron chi connectivity index (χ2n) is 5.48. The molecule has 0 aromatic heterocycles. The van der Waals surface area contributed by atoms with Gasteiger partial charge in [0.25, 0.3) is 0 Å². The van der Waals surface area contributed by atoms with Crippen LogP contribution < -0.4 is 5.32 Å². The number of anilines is 1. The van der Waals surface area contributed by atoms with Crippen LogP contribution in [0.25, 0.3) is 0 Å². The standard InChI is InChI=1S/C19H21N3O/c1-16(23)21-19-10-8-18(9-11-19)15-22(13-5-12-20)14-17-6-3-2-4-7-17/h2-4,6-11H,5,13-15H2,1H3,(H,21,23). The molecule has 0 bridgehead atoms. The Morgan fingerprint density at radius 1 is 1.04 bits per heavy atom. The average molecular weight is 307 g/mol. The highest BCUT2D eigenvalue weighted by atomic mass is 16.1. The first-order valence-corrected chi connectivity index (χ1v) is 7.67. The zero-order chi connectivity index (χ0) is 16.5. The Kier molecular flexibility index (Phi) is 6.34. The monoisotopic (exact) mass is 307 g/mol. The summed E-state index contributed by atoms with van der Waals surface area (Å²) >= 11 is 0. The lowest BCUT2D eigenvalue weighted by Crippen LogP contribution is -2.23. The van der Waals surface area contributed by atoms with Gasteiger partial charge in [-0.25, -0.2) is 0 Å². The van der Waals surface area contributed by atoms with Crippen molar-refractivity contribution in [3.8, 4) is 6.07 Å². The van der Waals surface area contributed by atoms with Gasteiger partial charge >= 0.3 is 0 Å². The van der Waals surface area contributed by atoms with Crippen molar-refractivity contribution in [2.75, 3.05) is 11.9 Å². The van der Waals surface area contributed by atoms with Crippen LogP contribution in [0, 0.1) is 11.3 Å². The Bertz CT molecular complexity index is 659. The minimum atomic E-state index is -0.0718. The SMILES string of the molecule is CC(=O)Nc1ccc(CN(CCC#N)Cc2ccccc2)cc1. The van der Waals surface area contributed by atoms with Gasteiger partial charge in [-0.2, -0.15) is 5.26 Å². The van der Waals surface area contributed by atoms with Gasteiger partial charge in [-0.05, 0) is 23.3 Å². The molecule has 23 heavy (non-hydrogen) atoms. The molecule has 0 heterocycles. The van der Waals surface area contributed by atoms with Crippen molar-refractivity contribution in [3.05, 3.63) is 65.7 Å². The molecule has 0 unspecified atom stereocenters. The maximum atomic E-state index is 11.0. The third-order valence-corrected chi connectivity index (χ3v) is 3.47. The molecule has 0 saturated heterocycles. The quantitative estimate of drug-likeness (QED) is 0.851. The minimum Gasteiger partial charge on any atom is -0.326 e. The third-order valence-electron chi connectivity index (χ3n) is 3.47. The average Bonchev–Trinajstić information content (AvgIpc) is 2.55. The lowest BCUT2D eigenvalue weighted by Gasteiger charge is -2.21. The number of nitrogens with one attached hydrogen (secondary N) is 1. The van der Waals surface area contributed by atoms with Gasteiger partial charge in [0.2, 0.25) is 5.91 Å². The van der Waals surface area contributed by atoms with Crippen molar-refractivity contribution in [2.45, 2.75) is 26.4 Å². The molecule has 0 spiro atoms. The molecule has 0 atom stereocenters. The lowest BCUT2D eigenvalue weighted by atomic mass is 10.1. The summed E-state index contributed by atoms with van der Waals surface area (Å²) in [6.07, 6.45) is 0.511. The van der Waals surface area contributed by atoms with Gasteiger partial charge < -0.3 is 5.32 Å². The number of nitrogens with zero attached hydrogens (tertiary/aromatic N) is 2. The van der Waals surface area contributed by atoms with E-state index in [2.05, 4.69) is 28.4 Å². The van der Waals surface area contributed by atoms with Gasteiger partial charge in [-0.1, -0.05) is 42.5 Å². The predicted molar refractivity (Wildman–Crippen MR) is 91.5 cm³/mol. The zero-order valence-electron chi connectivity index (χ0n) is 13.3. The molecule has 4 heteroatoms. The van der Waals surface area contributed by atoms with Gasteiger partial charge in [-0.3, -0.25) is 9.69 Å². The number of carbonyl (C=O) groups is 1. The molecule has 2 aromatic rings. The van der Waals surface area contributed by atoms with Gasteiger partial charge in [-0.15, -0.1) is 0 Å². The van der Waals surface area contributed by atoms with Crippen molar-refractivity contribution in [1.29, 1.82) is 5.26 Å². The van der Waals surface area contributed by atoms with E-state index < -0.39 is 0 Å². The molecular formula is C19H21N3O. The fourth-order valence-electron chi connectivity index (χ4n) is 2.42. The molecule has 0 aliphatic heterocycles. The maximum absolute atomic E-state index is 11.0. The van der Waals surface area contributed by atoms with Crippen LogP contribution in [-0.4, -0.2) is 17.4 Å². The van der Waals surface area contributed by atoms with Crippen LogP contribution in [0.3, 0.4) is 0 Å². The van der Waals surface area contributed by atoms with Crippen LogP contribution in [0.15, 0.2) is 54.6 Å². The molecule has 0 aliphatic rings. The molecule has 0 aliphatic carbocycles. The molecule has 118 valence electrons. The van der Waals surface area contributed by atoms with E-state index in [-0.39, 0.29) is 5.91 Å². The molecule has 2 rings (SSSR count). The van der Waals surface area contributed by atoms with Crippen LogP contribution in [0.4, 0.5) is 5.69 Å². The maximum Gasteiger partial charge on any atom is 0.221 e. The highest BCUT2D eigenvalue weighted by Crippen LogP contribution is 2.14. The Morgan fingerprint density at radius 2 is 1.65 bits per heavy atom. The summed E-state index contributed by atoms with van der Waals surface area (Å²) in [4.78, 5) is 13.3. The molecule has 1 N–H and O–H groups in total. The highest BCUT2D eigenvalue weighted by molar-refractivity contribution is 5.88. The number of benzene rings is 2. The van der Waals surface area contributed by atoms with Crippen molar-refractivity contribution < 1.29 is 4.79 Å². The molecule has 2 aromatic carbocycles. The smallest absolute Gasteiger partial charge is 0.221 e. The first-order valence-electron chi connectivity index (χ1n) is 7.67. The fourth-order valence-corrected chi connectivity index (χ4v) is 2.42. The normalized spacial score (nSPS) is 10.3. The van der Waals surface area contributed by atoms with Crippen molar-refractivity contribution in [2.24, 2.45) is 0 Å². The Hall–Kier alpha value is -2.64. The van der Waals surface area contributed by atoms with E-state index in [0.717, 1.165) is 30.9 Å². The second kappa shape index (κ2) is 8.72. The predicted octanol–water partition coefficient (Wildman–Crippen LogP) is 3.56. The fraction of sp³-hybridized carbons (Fsp3) is 0.263. The number of hydrogen-bond acceptors (Lipinski definition) is 3. The molecular weight excluding hydrogens is 286 g/mol. The van der Waals surface area contributed by atoms with Crippen LogP contribution in [0.1, 0.15) is 24.5 Å². The molecule has 0 saturated carbocycles.